The summed E-state index contributed by atoms with van der Waals surface area (Å²) in [5.41, 5.74) is 0.351. The number of Topliss-reactive ketones (excluding diaryl/α,β-unsaturated/α-hetero) is 1. The molecule has 1 spiro atoms. The van der Waals surface area contributed by atoms with Crippen LogP contribution < -0.4 is 5.32 Å². The average Bonchev–Trinajstić information content (AvgIpc) is 2.74. The van der Waals surface area contributed by atoms with Crippen LogP contribution in [0.3, 0.4) is 0 Å². The van der Waals surface area contributed by atoms with Gasteiger partial charge in [-0.1, -0.05) is 9.69 Å². The number of allylic oxidation sites excluding steroid dienone is 2. The van der Waals surface area contributed by atoms with E-state index in [-0.39, 0.29) is 11.2 Å². The lowest BCUT2D eigenvalue weighted by molar-refractivity contribution is -0.868. The lowest BCUT2D eigenvalue weighted by Gasteiger charge is -2.42. The van der Waals surface area contributed by atoms with Gasteiger partial charge in [-0.25, -0.2) is 0 Å². The van der Waals surface area contributed by atoms with Crippen LogP contribution in [0.2, 0.25) is 0 Å². The molecule has 6 nitrogen and oxygen atoms in total. The molecule has 2 N–H and O–H groups in total. The monoisotopic (exact) mass is 384 g/mol. The SMILES string of the molecule is CC(C)(C)[N+]1(C(=O)O)N=C(Br)C2=C1C(=O)CC1(CCNCC1)C2. The van der Waals surface area contributed by atoms with Crippen molar-refractivity contribution in [2.45, 2.75) is 52.0 Å². The molecular formula is C16H23BrN3O3+. The highest BCUT2D eigenvalue weighted by Crippen LogP contribution is 2.51. The number of ketones is 1. The number of nitrogens with zero attached hydrogens (tertiary/aromatic N) is 2. The van der Waals surface area contributed by atoms with E-state index in [0.29, 0.717) is 16.7 Å². The van der Waals surface area contributed by atoms with Crippen molar-refractivity contribution < 1.29 is 19.3 Å². The molecule has 0 bridgehead atoms. The van der Waals surface area contributed by atoms with Crippen molar-refractivity contribution in [2.24, 2.45) is 10.5 Å². The van der Waals surface area contributed by atoms with Gasteiger partial charge in [-0.05, 0) is 74.5 Å². The first-order valence-corrected chi connectivity index (χ1v) is 8.79. The van der Waals surface area contributed by atoms with Gasteiger partial charge in [-0.15, -0.1) is 0 Å². The van der Waals surface area contributed by atoms with E-state index in [1.54, 1.807) is 0 Å². The van der Waals surface area contributed by atoms with Gasteiger partial charge in [-0.3, -0.25) is 4.79 Å². The van der Waals surface area contributed by atoms with Gasteiger partial charge in [0.25, 0.3) is 0 Å². The molecule has 7 heteroatoms. The third-order valence-electron chi connectivity index (χ3n) is 5.36. The highest BCUT2D eigenvalue weighted by molar-refractivity contribution is 9.18. The van der Waals surface area contributed by atoms with Gasteiger partial charge in [0, 0.05) is 6.42 Å². The van der Waals surface area contributed by atoms with E-state index in [4.69, 9.17) is 0 Å². The quantitative estimate of drug-likeness (QED) is 0.629. The third-order valence-corrected chi connectivity index (χ3v) is 6.00. The Kier molecular flexibility index (Phi) is 3.82. The van der Waals surface area contributed by atoms with Crippen LogP contribution in [0.15, 0.2) is 16.4 Å². The number of carbonyl (C=O) groups is 2. The minimum absolute atomic E-state index is 0.0495. The van der Waals surface area contributed by atoms with Crippen LogP contribution in [-0.4, -0.2) is 44.8 Å². The van der Waals surface area contributed by atoms with Crippen molar-refractivity contribution in [2.75, 3.05) is 13.1 Å². The Morgan fingerprint density at radius 2 is 1.91 bits per heavy atom. The zero-order valence-electron chi connectivity index (χ0n) is 13.8. The zero-order valence-corrected chi connectivity index (χ0v) is 15.4. The highest BCUT2D eigenvalue weighted by atomic mass is 79.9. The highest BCUT2D eigenvalue weighted by Gasteiger charge is 2.63. The minimum atomic E-state index is -1.10. The van der Waals surface area contributed by atoms with Gasteiger partial charge < -0.3 is 10.4 Å². The predicted molar refractivity (Wildman–Crippen MR) is 90.2 cm³/mol. The molecule has 1 atom stereocenters. The van der Waals surface area contributed by atoms with Crippen LogP contribution in [0.1, 0.15) is 46.5 Å². The fraction of sp³-hybridized carbons (Fsp3) is 0.688. The Morgan fingerprint density at radius 3 is 2.43 bits per heavy atom. The third kappa shape index (κ3) is 2.32. The van der Waals surface area contributed by atoms with E-state index >= 15 is 0 Å². The molecule has 1 amide bonds. The van der Waals surface area contributed by atoms with E-state index in [1.807, 2.05) is 20.8 Å². The van der Waals surface area contributed by atoms with Crippen LogP contribution >= 0.6 is 15.9 Å². The number of quaternary nitrogens is 1. The summed E-state index contributed by atoms with van der Waals surface area (Å²) in [5.74, 6) is -0.0660. The van der Waals surface area contributed by atoms with E-state index in [0.717, 1.165) is 37.9 Å². The molecule has 0 aromatic rings. The fourth-order valence-electron chi connectivity index (χ4n) is 4.12. The summed E-state index contributed by atoms with van der Waals surface area (Å²) in [6.45, 7) is 7.24. The first kappa shape index (κ1) is 16.8. The number of nitrogens with one attached hydrogen (secondary N) is 1. The number of hydrogen-bond donors (Lipinski definition) is 2. The first-order chi connectivity index (χ1) is 10.6. The normalized spacial score (nSPS) is 30.4. The second-order valence-corrected chi connectivity index (χ2v) is 8.58. The number of carboxylic acid groups (broad SMARTS) is 1. The van der Waals surface area contributed by atoms with Crippen molar-refractivity contribution in [1.82, 2.24) is 5.32 Å². The fourth-order valence-corrected chi connectivity index (χ4v) is 4.69. The second-order valence-electron chi connectivity index (χ2n) is 7.83. The topological polar surface area (TPSA) is 78.8 Å². The Morgan fingerprint density at radius 1 is 1.30 bits per heavy atom. The molecule has 1 saturated heterocycles. The summed E-state index contributed by atoms with van der Waals surface area (Å²) in [4.78, 5) is 25.1. The zero-order chi connectivity index (χ0) is 17.0. The van der Waals surface area contributed by atoms with Crippen LogP contribution in [0, 0.1) is 5.41 Å². The largest absolute Gasteiger partial charge is 0.546 e. The molecule has 1 fully saturated rings. The molecule has 23 heavy (non-hydrogen) atoms. The molecular weight excluding hydrogens is 362 g/mol. The van der Waals surface area contributed by atoms with Gasteiger partial charge in [0.2, 0.25) is 11.5 Å². The molecule has 1 unspecified atom stereocenters. The number of rotatable bonds is 0. The van der Waals surface area contributed by atoms with E-state index < -0.39 is 16.2 Å². The molecule has 3 aliphatic rings. The molecule has 0 radical (unpaired) electrons. The summed E-state index contributed by atoms with van der Waals surface area (Å²) >= 11 is 3.44. The Hall–Kier alpha value is -1.05. The van der Waals surface area contributed by atoms with Gasteiger partial charge in [0.05, 0.1) is 5.57 Å². The number of hydrogen-bond acceptors (Lipinski definition) is 4. The number of halogens is 1. The van der Waals surface area contributed by atoms with Gasteiger partial charge >= 0.3 is 6.09 Å². The molecule has 0 aromatic heterocycles. The standard InChI is InChI=1S/C16H22BrN3O3/c1-15(2,3)20(14(22)23)12-10(13(17)19-20)8-16(9-11(12)21)4-6-18-7-5-16/h18H,4-9H2,1-3H3/p+1. The van der Waals surface area contributed by atoms with E-state index in [9.17, 15) is 14.7 Å². The Balaban J connectivity index is 2.14. The molecule has 3 rings (SSSR count). The smallest absolute Gasteiger partial charge is 0.433 e. The summed E-state index contributed by atoms with van der Waals surface area (Å²) in [5, 5.41) is 17.7. The van der Waals surface area contributed by atoms with Gasteiger partial charge in [-0.2, -0.15) is 4.79 Å². The lowest BCUT2D eigenvalue weighted by atomic mass is 9.67. The average molecular weight is 385 g/mol. The maximum Gasteiger partial charge on any atom is 0.546 e. The van der Waals surface area contributed by atoms with Crippen LogP contribution in [0.5, 0.6) is 0 Å². The maximum absolute atomic E-state index is 13.0. The van der Waals surface area contributed by atoms with Crippen molar-refractivity contribution in [3.8, 4) is 0 Å². The Bertz CT molecular complexity index is 641. The summed E-state index contributed by atoms with van der Waals surface area (Å²) in [6, 6.07) is 0. The van der Waals surface area contributed by atoms with Crippen molar-refractivity contribution in [3.05, 3.63) is 11.3 Å². The van der Waals surface area contributed by atoms with Crippen molar-refractivity contribution >= 4 is 32.4 Å². The van der Waals surface area contributed by atoms with Crippen LogP contribution in [0.4, 0.5) is 4.79 Å². The number of carbonyl (C=O) groups excluding carboxylic acids is 1. The molecule has 0 aromatic carbocycles. The van der Waals surface area contributed by atoms with Crippen LogP contribution in [0.25, 0.3) is 0 Å². The van der Waals surface area contributed by atoms with Crippen molar-refractivity contribution in [1.29, 1.82) is 0 Å². The first-order valence-electron chi connectivity index (χ1n) is 7.99. The summed E-state index contributed by atoms with van der Waals surface area (Å²) < 4.78 is -0.133. The molecule has 0 saturated carbocycles. The van der Waals surface area contributed by atoms with Crippen LogP contribution in [-0.2, 0) is 4.79 Å². The molecule has 2 heterocycles. The maximum atomic E-state index is 13.0. The van der Waals surface area contributed by atoms with Gasteiger partial charge in [0.15, 0.2) is 4.62 Å². The minimum Gasteiger partial charge on any atom is -0.433 e. The van der Waals surface area contributed by atoms with Crippen molar-refractivity contribution in [3.63, 3.8) is 0 Å². The summed E-state index contributed by atoms with van der Waals surface area (Å²) in [7, 11) is 0. The van der Waals surface area contributed by atoms with E-state index in [1.165, 1.54) is 0 Å². The van der Waals surface area contributed by atoms with Gasteiger partial charge in [0.1, 0.15) is 5.54 Å². The number of amides is 1. The summed E-state index contributed by atoms with van der Waals surface area (Å²) in [6.07, 6.45) is 1.93. The molecule has 2 aliphatic heterocycles. The predicted octanol–water partition coefficient (Wildman–Crippen LogP) is 2.99. The number of piperidine rings is 1. The van der Waals surface area contributed by atoms with E-state index in [2.05, 4.69) is 26.3 Å². The lowest BCUT2D eigenvalue weighted by Crippen LogP contribution is -2.60. The second kappa shape index (κ2) is 5.22. The Labute approximate surface area is 144 Å². The molecule has 126 valence electrons. The molecule has 1 aliphatic carbocycles.